The van der Waals surface area contributed by atoms with E-state index < -0.39 is 17.7 Å². The summed E-state index contributed by atoms with van der Waals surface area (Å²) in [5, 5.41) is 2.62. The third-order valence-corrected chi connectivity index (χ3v) is 6.19. The smallest absolute Gasteiger partial charge is 0.340 e. The Kier molecular flexibility index (Phi) is 8.01. The van der Waals surface area contributed by atoms with E-state index in [9.17, 15) is 18.8 Å². The van der Waals surface area contributed by atoms with Crippen molar-refractivity contribution in [3.05, 3.63) is 113 Å². The number of amides is 2. The van der Waals surface area contributed by atoms with Crippen LogP contribution in [-0.4, -0.2) is 36.4 Å². The fourth-order valence-corrected chi connectivity index (χ4v) is 4.25. The van der Waals surface area contributed by atoms with E-state index >= 15 is 0 Å². The molecular weight excluding hydrogens is 487 g/mol. The van der Waals surface area contributed by atoms with E-state index in [1.54, 1.807) is 42.2 Å². The molecule has 1 atom stereocenters. The van der Waals surface area contributed by atoms with Crippen molar-refractivity contribution in [2.45, 2.75) is 19.9 Å². The predicted molar refractivity (Wildman–Crippen MR) is 141 cm³/mol. The first-order valence-electron chi connectivity index (χ1n) is 12.0. The highest BCUT2D eigenvalue weighted by atomic mass is 19.1. The van der Waals surface area contributed by atoms with E-state index in [1.807, 2.05) is 37.3 Å². The molecule has 1 N–H and O–H groups in total. The Labute approximate surface area is 220 Å². The van der Waals surface area contributed by atoms with E-state index in [0.717, 1.165) is 5.56 Å². The second-order valence-electron chi connectivity index (χ2n) is 8.68. The normalized spacial score (nSPS) is 15.0. The van der Waals surface area contributed by atoms with Gasteiger partial charge in [0.05, 0.1) is 24.3 Å². The van der Waals surface area contributed by atoms with E-state index in [-0.39, 0.29) is 29.7 Å². The van der Waals surface area contributed by atoms with Crippen molar-refractivity contribution in [2.24, 2.45) is 0 Å². The van der Waals surface area contributed by atoms with Crippen LogP contribution in [0.3, 0.4) is 0 Å². The molecule has 1 aliphatic rings. The molecule has 0 unspecified atom stereocenters. The molecule has 38 heavy (non-hydrogen) atoms. The van der Waals surface area contributed by atoms with Crippen LogP contribution in [0.2, 0.25) is 0 Å². The minimum Gasteiger partial charge on any atom is -0.484 e. The maximum atomic E-state index is 13.5. The Morgan fingerprint density at radius 2 is 1.66 bits per heavy atom. The maximum absolute atomic E-state index is 13.5. The van der Waals surface area contributed by atoms with Crippen molar-refractivity contribution in [2.75, 3.05) is 19.0 Å². The van der Waals surface area contributed by atoms with E-state index in [4.69, 9.17) is 9.47 Å². The number of carbonyl (C=O) groups is 3. The van der Waals surface area contributed by atoms with Crippen LogP contribution in [0.4, 0.5) is 10.1 Å². The van der Waals surface area contributed by atoms with Gasteiger partial charge in [0.2, 0.25) is 0 Å². The molecule has 0 spiro atoms. The van der Waals surface area contributed by atoms with Crippen molar-refractivity contribution in [3.63, 3.8) is 0 Å². The van der Waals surface area contributed by atoms with Gasteiger partial charge in [-0.3, -0.25) is 9.59 Å². The molecule has 0 radical (unpaired) electrons. The molecule has 1 heterocycles. The molecule has 3 aromatic rings. The van der Waals surface area contributed by atoms with Gasteiger partial charge in [0.1, 0.15) is 11.6 Å². The van der Waals surface area contributed by atoms with Crippen molar-refractivity contribution in [1.82, 2.24) is 4.90 Å². The summed E-state index contributed by atoms with van der Waals surface area (Å²) in [7, 11) is 1.28. The number of nitrogens with zero attached hydrogens (tertiary/aromatic N) is 1. The molecule has 1 aliphatic heterocycles. The summed E-state index contributed by atoms with van der Waals surface area (Å²) in [5.74, 6) is -1.22. The zero-order valence-corrected chi connectivity index (χ0v) is 21.2. The highest BCUT2D eigenvalue weighted by Gasteiger charge is 2.39. The molecule has 0 fully saturated rings. The second kappa shape index (κ2) is 11.6. The fourth-order valence-electron chi connectivity index (χ4n) is 4.25. The second-order valence-corrected chi connectivity index (χ2v) is 8.68. The van der Waals surface area contributed by atoms with Crippen LogP contribution < -0.4 is 10.1 Å². The molecule has 3 aromatic carbocycles. The largest absolute Gasteiger partial charge is 0.484 e. The molecule has 0 aliphatic carbocycles. The zero-order chi connectivity index (χ0) is 27.2. The molecule has 194 valence electrons. The maximum Gasteiger partial charge on any atom is 0.340 e. The lowest BCUT2D eigenvalue weighted by atomic mass is 10.0. The van der Waals surface area contributed by atoms with Crippen molar-refractivity contribution in [3.8, 4) is 5.75 Å². The number of halogens is 1. The number of methoxy groups -OCH3 is 1. The van der Waals surface area contributed by atoms with E-state index in [2.05, 4.69) is 5.32 Å². The zero-order valence-electron chi connectivity index (χ0n) is 21.2. The van der Waals surface area contributed by atoms with Gasteiger partial charge in [0, 0.05) is 11.4 Å². The summed E-state index contributed by atoms with van der Waals surface area (Å²) < 4.78 is 23.5. The minimum atomic E-state index is -0.586. The third-order valence-electron chi connectivity index (χ3n) is 6.19. The average Bonchev–Trinajstić information content (AvgIpc) is 3.17. The first-order chi connectivity index (χ1) is 18.3. The van der Waals surface area contributed by atoms with Crippen LogP contribution in [0.25, 0.3) is 6.08 Å². The number of rotatable bonds is 8. The Hall–Kier alpha value is -4.72. The van der Waals surface area contributed by atoms with Gasteiger partial charge >= 0.3 is 5.97 Å². The summed E-state index contributed by atoms with van der Waals surface area (Å²) in [6, 6.07) is 21.5. The first kappa shape index (κ1) is 26.3. The quantitative estimate of drug-likeness (QED) is 0.327. The molecule has 0 bridgehead atoms. The molecule has 0 saturated carbocycles. The van der Waals surface area contributed by atoms with Gasteiger partial charge in [0.25, 0.3) is 11.8 Å². The fraction of sp³-hybridized carbons (Fsp3) is 0.167. The van der Waals surface area contributed by atoms with Gasteiger partial charge in [-0.15, -0.1) is 0 Å². The molecule has 8 heteroatoms. The van der Waals surface area contributed by atoms with Crippen LogP contribution in [0, 0.1) is 5.82 Å². The van der Waals surface area contributed by atoms with Gasteiger partial charge in [0.15, 0.2) is 6.61 Å². The lowest BCUT2D eigenvalue weighted by Crippen LogP contribution is -2.28. The van der Waals surface area contributed by atoms with Gasteiger partial charge in [-0.1, -0.05) is 42.5 Å². The Morgan fingerprint density at radius 3 is 2.29 bits per heavy atom. The SMILES string of the molecule is COC(=O)C1=C(C)N([C@H](C)c2ccccc2)C(=O)/C1=C\c1ccc(OCC(=O)Nc2ccc(F)cc2)cc1. The standard InChI is InChI=1S/C30H27FN2O5/c1-19(22-7-5-4-6-8-22)33-20(2)28(30(36)37-3)26(29(33)35)17-21-9-15-25(16-10-21)38-18-27(34)32-24-13-11-23(31)12-14-24/h4-17,19H,18H2,1-3H3,(H,32,34)/b26-17-/t19-/m1/s1. The lowest BCUT2D eigenvalue weighted by molar-refractivity contribution is -0.136. The number of carbonyl (C=O) groups excluding carboxylic acids is 3. The minimum absolute atomic E-state index is 0.220. The molecule has 0 saturated heterocycles. The molecular formula is C30H27FN2O5. The number of hydrogen-bond acceptors (Lipinski definition) is 5. The Morgan fingerprint density at radius 1 is 1.00 bits per heavy atom. The summed E-state index contributed by atoms with van der Waals surface area (Å²) >= 11 is 0. The van der Waals surface area contributed by atoms with Gasteiger partial charge in [-0.2, -0.15) is 0 Å². The summed E-state index contributed by atoms with van der Waals surface area (Å²) in [4.78, 5) is 39.9. The Bertz CT molecular complexity index is 1400. The number of nitrogens with one attached hydrogen (secondary N) is 1. The number of esters is 1. The highest BCUT2D eigenvalue weighted by Crippen LogP contribution is 2.37. The van der Waals surface area contributed by atoms with Gasteiger partial charge < -0.3 is 19.7 Å². The van der Waals surface area contributed by atoms with Crippen LogP contribution >= 0.6 is 0 Å². The monoisotopic (exact) mass is 514 g/mol. The molecule has 0 aromatic heterocycles. The number of allylic oxidation sites excluding steroid dienone is 1. The average molecular weight is 515 g/mol. The topological polar surface area (TPSA) is 84.9 Å². The molecule has 7 nitrogen and oxygen atoms in total. The number of ether oxygens (including phenoxy) is 2. The highest BCUT2D eigenvalue weighted by molar-refractivity contribution is 6.16. The third kappa shape index (κ3) is 5.81. The van der Waals surface area contributed by atoms with E-state index in [0.29, 0.717) is 22.7 Å². The van der Waals surface area contributed by atoms with Crippen LogP contribution in [-0.2, 0) is 19.1 Å². The predicted octanol–water partition coefficient (Wildman–Crippen LogP) is 5.28. The number of benzene rings is 3. The molecule has 4 rings (SSSR count). The van der Waals surface area contributed by atoms with Crippen LogP contribution in [0.1, 0.15) is 31.0 Å². The van der Waals surface area contributed by atoms with Crippen LogP contribution in [0.5, 0.6) is 5.75 Å². The summed E-state index contributed by atoms with van der Waals surface area (Å²) in [5.41, 5.74) is 3.05. The summed E-state index contributed by atoms with van der Waals surface area (Å²) in [6.45, 7) is 3.41. The lowest BCUT2D eigenvalue weighted by Gasteiger charge is -2.26. The van der Waals surface area contributed by atoms with Gasteiger partial charge in [-0.25, -0.2) is 9.18 Å². The van der Waals surface area contributed by atoms with E-state index in [1.165, 1.54) is 31.4 Å². The number of anilines is 1. The number of hydrogen-bond donors (Lipinski definition) is 1. The van der Waals surface area contributed by atoms with Crippen molar-refractivity contribution < 1.29 is 28.2 Å². The molecule has 2 amide bonds. The Balaban J connectivity index is 1.49. The van der Waals surface area contributed by atoms with Crippen molar-refractivity contribution >= 4 is 29.5 Å². The summed E-state index contributed by atoms with van der Waals surface area (Å²) in [6.07, 6.45) is 1.64. The van der Waals surface area contributed by atoms with Gasteiger partial charge in [-0.05, 0) is 67.4 Å². The van der Waals surface area contributed by atoms with Crippen LogP contribution in [0.15, 0.2) is 95.7 Å². The first-order valence-corrected chi connectivity index (χ1v) is 12.0. The van der Waals surface area contributed by atoms with Crippen molar-refractivity contribution in [1.29, 1.82) is 0 Å².